The fourth-order valence-corrected chi connectivity index (χ4v) is 2.84. The van der Waals surface area contributed by atoms with Crippen LogP contribution in [0.2, 0.25) is 0 Å². The summed E-state index contributed by atoms with van der Waals surface area (Å²) >= 11 is 0. The Hall–Kier alpha value is -1.46. The minimum absolute atomic E-state index is 0.00356. The lowest BCUT2D eigenvalue weighted by Gasteiger charge is -2.46. The van der Waals surface area contributed by atoms with Crippen LogP contribution in [-0.2, 0) is 0 Å². The molecule has 0 heterocycles. The van der Waals surface area contributed by atoms with Crippen LogP contribution in [0, 0.1) is 15.5 Å². The molecule has 1 fully saturated rings. The molecule has 1 atom stereocenters. The second kappa shape index (κ2) is 5.04. The van der Waals surface area contributed by atoms with Gasteiger partial charge in [-0.15, -0.1) is 0 Å². The molecule has 0 amide bonds. The van der Waals surface area contributed by atoms with Crippen molar-refractivity contribution in [2.24, 2.45) is 11.1 Å². The van der Waals surface area contributed by atoms with E-state index < -0.39 is 4.92 Å². The summed E-state index contributed by atoms with van der Waals surface area (Å²) in [6.45, 7) is 0.499. The highest BCUT2D eigenvalue weighted by molar-refractivity contribution is 5.37. The normalized spacial score (nSPS) is 19.0. The van der Waals surface area contributed by atoms with E-state index in [2.05, 4.69) is 0 Å². The van der Waals surface area contributed by atoms with Crippen LogP contribution in [0.1, 0.15) is 30.7 Å². The van der Waals surface area contributed by atoms with Gasteiger partial charge in [-0.1, -0.05) is 18.6 Å². The number of hydrogen-bond donors (Lipinski definition) is 2. The Balaban J connectivity index is 2.32. The van der Waals surface area contributed by atoms with Crippen molar-refractivity contribution >= 4 is 5.69 Å². The third kappa shape index (κ3) is 2.11. The van der Waals surface area contributed by atoms with Gasteiger partial charge in [0.25, 0.3) is 5.69 Å². The van der Waals surface area contributed by atoms with Crippen LogP contribution in [0.25, 0.3) is 0 Å². The van der Waals surface area contributed by atoms with E-state index in [1.165, 1.54) is 6.07 Å². The first kappa shape index (κ1) is 13.0. The summed E-state index contributed by atoms with van der Waals surface area (Å²) in [6, 6.07) is 6.59. The molecule has 1 aromatic rings. The van der Waals surface area contributed by atoms with Crippen molar-refractivity contribution in [2.45, 2.75) is 25.2 Å². The molecule has 5 heteroatoms. The molecule has 0 bridgehead atoms. The minimum Gasteiger partial charge on any atom is -0.396 e. The van der Waals surface area contributed by atoms with E-state index in [9.17, 15) is 15.2 Å². The Kier molecular flexibility index (Phi) is 3.63. The van der Waals surface area contributed by atoms with Crippen LogP contribution in [0.5, 0.6) is 0 Å². The summed E-state index contributed by atoms with van der Waals surface area (Å²) in [7, 11) is 0. The average Bonchev–Trinajstić information content (AvgIpc) is 2.33. The number of nitro benzene ring substituents is 1. The van der Waals surface area contributed by atoms with Crippen molar-refractivity contribution in [3.8, 4) is 0 Å². The van der Waals surface area contributed by atoms with E-state index in [1.54, 1.807) is 12.1 Å². The maximum Gasteiger partial charge on any atom is 0.269 e. The molecule has 0 radical (unpaired) electrons. The molecule has 0 spiro atoms. The van der Waals surface area contributed by atoms with Crippen LogP contribution in [0.15, 0.2) is 24.3 Å². The number of nitrogens with two attached hydrogens (primary N) is 1. The van der Waals surface area contributed by atoms with Crippen molar-refractivity contribution in [3.63, 3.8) is 0 Å². The highest BCUT2D eigenvalue weighted by atomic mass is 16.6. The van der Waals surface area contributed by atoms with Gasteiger partial charge in [0, 0.05) is 30.1 Å². The van der Waals surface area contributed by atoms with E-state index in [1.807, 2.05) is 6.07 Å². The topological polar surface area (TPSA) is 89.4 Å². The molecule has 1 aliphatic rings. The lowest BCUT2D eigenvalue weighted by molar-refractivity contribution is -0.384. The highest BCUT2D eigenvalue weighted by Gasteiger charge is 2.43. The summed E-state index contributed by atoms with van der Waals surface area (Å²) < 4.78 is 0. The zero-order valence-corrected chi connectivity index (χ0v) is 10.2. The number of non-ortho nitro benzene ring substituents is 1. The van der Waals surface area contributed by atoms with Gasteiger partial charge in [-0.05, 0) is 24.9 Å². The second-order valence-electron chi connectivity index (χ2n) is 5.01. The predicted octanol–water partition coefficient (Wildman–Crippen LogP) is 1.80. The molecule has 18 heavy (non-hydrogen) atoms. The van der Waals surface area contributed by atoms with Crippen LogP contribution in [-0.4, -0.2) is 23.2 Å². The number of aliphatic hydroxyl groups is 1. The van der Waals surface area contributed by atoms with Gasteiger partial charge in [-0.2, -0.15) is 0 Å². The number of benzene rings is 1. The van der Waals surface area contributed by atoms with Crippen LogP contribution < -0.4 is 5.73 Å². The summed E-state index contributed by atoms with van der Waals surface area (Å²) in [5.74, 6) is -0.00356. The van der Waals surface area contributed by atoms with Crippen LogP contribution in [0.4, 0.5) is 5.69 Å². The van der Waals surface area contributed by atoms with Crippen molar-refractivity contribution < 1.29 is 10.0 Å². The molecule has 1 aromatic carbocycles. The molecule has 0 aromatic heterocycles. The van der Waals surface area contributed by atoms with Crippen molar-refractivity contribution in [3.05, 3.63) is 39.9 Å². The first-order chi connectivity index (χ1) is 8.63. The van der Waals surface area contributed by atoms with Gasteiger partial charge < -0.3 is 10.8 Å². The second-order valence-corrected chi connectivity index (χ2v) is 5.01. The molecule has 2 rings (SSSR count). The fourth-order valence-electron chi connectivity index (χ4n) is 2.84. The minimum atomic E-state index is -0.399. The summed E-state index contributed by atoms with van der Waals surface area (Å²) in [5.41, 5.74) is 6.59. The summed E-state index contributed by atoms with van der Waals surface area (Å²) in [4.78, 5) is 10.4. The Morgan fingerprint density at radius 3 is 2.67 bits per heavy atom. The van der Waals surface area contributed by atoms with Crippen molar-refractivity contribution in [2.75, 3.05) is 13.2 Å². The zero-order chi connectivity index (χ0) is 13.2. The lowest BCUT2D eigenvalue weighted by atomic mass is 9.59. The van der Waals surface area contributed by atoms with Gasteiger partial charge in [0.1, 0.15) is 0 Å². The molecular weight excluding hydrogens is 232 g/mol. The summed E-state index contributed by atoms with van der Waals surface area (Å²) in [5, 5.41) is 20.4. The van der Waals surface area contributed by atoms with Gasteiger partial charge >= 0.3 is 0 Å². The molecular formula is C13H18N2O3. The molecule has 0 aliphatic heterocycles. The molecule has 98 valence electrons. The van der Waals surface area contributed by atoms with E-state index in [4.69, 9.17) is 5.73 Å². The van der Waals surface area contributed by atoms with E-state index in [0.29, 0.717) is 6.54 Å². The SMILES string of the molecule is NC[C@@H](c1cccc([N+](=O)[O-])c1)C1(CO)CCC1. The van der Waals surface area contributed by atoms with Crippen LogP contribution >= 0.6 is 0 Å². The van der Waals surface area contributed by atoms with E-state index in [-0.39, 0.29) is 23.6 Å². The smallest absolute Gasteiger partial charge is 0.269 e. The zero-order valence-electron chi connectivity index (χ0n) is 10.2. The number of aliphatic hydroxyl groups excluding tert-OH is 1. The number of nitro groups is 1. The average molecular weight is 250 g/mol. The molecule has 5 nitrogen and oxygen atoms in total. The van der Waals surface area contributed by atoms with Gasteiger partial charge in [0.05, 0.1) is 4.92 Å². The molecule has 0 saturated heterocycles. The van der Waals surface area contributed by atoms with Gasteiger partial charge in [0.2, 0.25) is 0 Å². The largest absolute Gasteiger partial charge is 0.396 e. The molecule has 3 N–H and O–H groups in total. The Bertz CT molecular complexity index is 438. The van der Waals surface area contributed by atoms with Crippen molar-refractivity contribution in [1.29, 1.82) is 0 Å². The fraction of sp³-hybridized carbons (Fsp3) is 0.538. The Labute approximate surface area is 106 Å². The first-order valence-corrected chi connectivity index (χ1v) is 6.18. The third-order valence-corrected chi connectivity index (χ3v) is 4.12. The quantitative estimate of drug-likeness (QED) is 0.616. The first-order valence-electron chi connectivity index (χ1n) is 6.18. The van der Waals surface area contributed by atoms with Gasteiger partial charge in [0.15, 0.2) is 0 Å². The molecule has 1 aliphatic carbocycles. The predicted molar refractivity (Wildman–Crippen MR) is 68.3 cm³/mol. The number of rotatable bonds is 5. The van der Waals surface area contributed by atoms with Crippen molar-refractivity contribution in [1.82, 2.24) is 0 Å². The summed E-state index contributed by atoms with van der Waals surface area (Å²) in [6.07, 6.45) is 2.97. The van der Waals surface area contributed by atoms with E-state index in [0.717, 1.165) is 24.8 Å². The molecule has 0 unspecified atom stereocenters. The maximum absolute atomic E-state index is 10.8. The Morgan fingerprint density at radius 2 is 2.22 bits per heavy atom. The van der Waals surface area contributed by atoms with Gasteiger partial charge in [-0.25, -0.2) is 0 Å². The highest BCUT2D eigenvalue weighted by Crippen LogP contribution is 2.50. The van der Waals surface area contributed by atoms with E-state index >= 15 is 0 Å². The lowest BCUT2D eigenvalue weighted by Crippen LogP contribution is -2.42. The maximum atomic E-state index is 10.8. The third-order valence-electron chi connectivity index (χ3n) is 4.12. The van der Waals surface area contributed by atoms with Gasteiger partial charge in [-0.3, -0.25) is 10.1 Å². The van der Waals surface area contributed by atoms with Crippen LogP contribution in [0.3, 0.4) is 0 Å². The Morgan fingerprint density at radius 1 is 1.50 bits per heavy atom. The molecule has 1 saturated carbocycles. The number of hydrogen-bond acceptors (Lipinski definition) is 4. The monoisotopic (exact) mass is 250 g/mol. The number of nitrogens with zero attached hydrogens (tertiary/aromatic N) is 1. The standard InChI is InChI=1S/C13H18N2O3/c14-8-12(13(9-16)5-2-6-13)10-3-1-4-11(7-10)15(17)18/h1,3-4,7,12,16H,2,5-6,8-9,14H2/t12-/m0/s1.